The van der Waals surface area contributed by atoms with E-state index in [0.717, 1.165) is 43.4 Å². The van der Waals surface area contributed by atoms with Gasteiger partial charge in [0.2, 0.25) is 0 Å². The van der Waals surface area contributed by atoms with Gasteiger partial charge in [0.1, 0.15) is 17.0 Å². The first-order valence-electron chi connectivity index (χ1n) is 11.4. The minimum atomic E-state index is -0.139. The first-order valence-corrected chi connectivity index (χ1v) is 11.4. The van der Waals surface area contributed by atoms with Gasteiger partial charge in [0.05, 0.1) is 5.39 Å². The van der Waals surface area contributed by atoms with Crippen LogP contribution in [0.1, 0.15) is 54.2 Å². The van der Waals surface area contributed by atoms with Crippen molar-refractivity contribution < 1.29 is 4.79 Å². The van der Waals surface area contributed by atoms with E-state index >= 15 is 0 Å². The highest BCUT2D eigenvalue weighted by molar-refractivity contribution is 5.98. The molecular formula is C26H28N4O2. The summed E-state index contributed by atoms with van der Waals surface area (Å²) in [7, 11) is 0. The highest BCUT2D eigenvalue weighted by Gasteiger charge is 2.29. The van der Waals surface area contributed by atoms with Gasteiger partial charge in [-0.3, -0.25) is 14.0 Å². The number of carbonyl (C=O) groups excluding carboxylic acids is 1. The third-order valence-corrected chi connectivity index (χ3v) is 6.57. The summed E-state index contributed by atoms with van der Waals surface area (Å²) in [6.45, 7) is 5.34. The van der Waals surface area contributed by atoms with Crippen LogP contribution in [0.5, 0.6) is 0 Å². The molecule has 1 atom stereocenters. The molecule has 5 rings (SSSR count). The third kappa shape index (κ3) is 3.49. The van der Waals surface area contributed by atoms with Crippen molar-refractivity contribution >= 4 is 22.6 Å². The Bertz CT molecular complexity index is 1350. The largest absolute Gasteiger partial charge is 0.334 e. The molecule has 1 amide bonds. The molecule has 0 N–H and O–H groups in total. The van der Waals surface area contributed by atoms with Gasteiger partial charge in [-0.1, -0.05) is 43.3 Å². The Balaban J connectivity index is 1.72. The molecule has 0 saturated carbocycles. The number of aromatic nitrogens is 3. The van der Waals surface area contributed by atoms with E-state index in [0.29, 0.717) is 28.9 Å². The predicted octanol–water partition coefficient (Wildman–Crippen LogP) is 4.41. The van der Waals surface area contributed by atoms with Crippen molar-refractivity contribution in [1.29, 1.82) is 0 Å². The van der Waals surface area contributed by atoms with Gasteiger partial charge < -0.3 is 9.47 Å². The SMILES string of the molecule is CC[C@H]1CCCCN1C(=O)c1cc2c(=O)n3cc(C)ccc3nc2n1Cc1ccccc1. The monoisotopic (exact) mass is 428 g/mol. The van der Waals surface area contributed by atoms with E-state index in [-0.39, 0.29) is 17.5 Å². The topological polar surface area (TPSA) is 59.6 Å². The number of hydrogen-bond donors (Lipinski definition) is 0. The minimum absolute atomic E-state index is 0.00452. The van der Waals surface area contributed by atoms with Crippen molar-refractivity contribution in [2.75, 3.05) is 6.54 Å². The van der Waals surface area contributed by atoms with Crippen LogP contribution in [0.2, 0.25) is 0 Å². The Morgan fingerprint density at radius 2 is 1.94 bits per heavy atom. The number of amides is 1. The summed E-state index contributed by atoms with van der Waals surface area (Å²) in [5.74, 6) is -0.00452. The van der Waals surface area contributed by atoms with Crippen LogP contribution in [0.3, 0.4) is 0 Å². The number of pyridine rings is 1. The fraction of sp³-hybridized carbons (Fsp3) is 0.346. The smallest absolute Gasteiger partial charge is 0.270 e. The number of fused-ring (bicyclic) bond motifs is 2. The zero-order valence-electron chi connectivity index (χ0n) is 18.6. The van der Waals surface area contributed by atoms with Gasteiger partial charge in [0.15, 0.2) is 0 Å². The van der Waals surface area contributed by atoms with Crippen LogP contribution in [0.25, 0.3) is 16.7 Å². The van der Waals surface area contributed by atoms with Crippen molar-refractivity contribution in [3.63, 3.8) is 0 Å². The Kier molecular flexibility index (Phi) is 5.29. The molecule has 1 fully saturated rings. The van der Waals surface area contributed by atoms with Gasteiger partial charge in [-0.2, -0.15) is 0 Å². The number of piperidine rings is 1. The van der Waals surface area contributed by atoms with E-state index in [4.69, 9.17) is 4.98 Å². The molecule has 3 aromatic heterocycles. The van der Waals surface area contributed by atoms with Crippen molar-refractivity contribution in [1.82, 2.24) is 18.9 Å². The fourth-order valence-electron chi connectivity index (χ4n) is 4.85. The van der Waals surface area contributed by atoms with E-state index in [1.807, 2.05) is 58.9 Å². The Hall–Kier alpha value is -3.41. The quantitative estimate of drug-likeness (QED) is 0.484. The maximum absolute atomic E-state index is 13.8. The van der Waals surface area contributed by atoms with E-state index in [1.165, 1.54) is 0 Å². The van der Waals surface area contributed by atoms with Crippen LogP contribution in [-0.4, -0.2) is 37.3 Å². The molecule has 4 heterocycles. The van der Waals surface area contributed by atoms with Gasteiger partial charge in [-0.25, -0.2) is 4.98 Å². The first-order chi connectivity index (χ1) is 15.6. The molecule has 1 aliphatic heterocycles. The number of rotatable bonds is 4. The second-order valence-corrected chi connectivity index (χ2v) is 8.75. The van der Waals surface area contributed by atoms with Crippen LogP contribution < -0.4 is 5.56 Å². The summed E-state index contributed by atoms with van der Waals surface area (Å²) in [4.78, 5) is 34.0. The summed E-state index contributed by atoms with van der Waals surface area (Å²) in [6, 6.07) is 15.8. The fourth-order valence-corrected chi connectivity index (χ4v) is 4.85. The van der Waals surface area contributed by atoms with Gasteiger partial charge in [0, 0.05) is 25.3 Å². The van der Waals surface area contributed by atoms with Crippen LogP contribution in [0.15, 0.2) is 59.5 Å². The molecule has 1 saturated heterocycles. The summed E-state index contributed by atoms with van der Waals surface area (Å²) >= 11 is 0. The molecule has 0 aliphatic carbocycles. The van der Waals surface area contributed by atoms with Gasteiger partial charge in [-0.15, -0.1) is 0 Å². The Labute approximate surface area is 187 Å². The second kappa shape index (κ2) is 8.26. The molecule has 6 nitrogen and oxygen atoms in total. The molecule has 0 radical (unpaired) electrons. The van der Waals surface area contributed by atoms with E-state index in [1.54, 1.807) is 16.7 Å². The van der Waals surface area contributed by atoms with Crippen LogP contribution >= 0.6 is 0 Å². The van der Waals surface area contributed by atoms with Crippen LogP contribution in [-0.2, 0) is 6.54 Å². The van der Waals surface area contributed by atoms with Crippen molar-refractivity contribution in [3.05, 3.63) is 81.9 Å². The second-order valence-electron chi connectivity index (χ2n) is 8.75. The van der Waals surface area contributed by atoms with Gasteiger partial charge in [0.25, 0.3) is 11.5 Å². The molecule has 6 heteroatoms. The van der Waals surface area contributed by atoms with Crippen molar-refractivity contribution in [2.45, 2.75) is 52.1 Å². The molecule has 4 aromatic rings. The minimum Gasteiger partial charge on any atom is -0.334 e. The average Bonchev–Trinajstić information content (AvgIpc) is 3.18. The normalized spacial score (nSPS) is 16.7. The highest BCUT2D eigenvalue weighted by Crippen LogP contribution is 2.25. The summed E-state index contributed by atoms with van der Waals surface area (Å²) in [5, 5.41) is 0.484. The first kappa shape index (κ1) is 20.5. The highest BCUT2D eigenvalue weighted by atomic mass is 16.2. The zero-order chi connectivity index (χ0) is 22.2. The molecule has 0 unspecified atom stereocenters. The number of nitrogens with zero attached hydrogens (tertiary/aromatic N) is 4. The van der Waals surface area contributed by atoms with Crippen LogP contribution in [0, 0.1) is 6.92 Å². The number of benzene rings is 1. The molecule has 1 aliphatic rings. The molecule has 0 bridgehead atoms. The van der Waals surface area contributed by atoms with Crippen molar-refractivity contribution in [3.8, 4) is 0 Å². The number of hydrogen-bond acceptors (Lipinski definition) is 3. The summed E-state index contributed by atoms with van der Waals surface area (Å²) in [5.41, 5.74) is 3.61. The summed E-state index contributed by atoms with van der Waals surface area (Å²) < 4.78 is 3.50. The average molecular weight is 429 g/mol. The molecule has 1 aromatic carbocycles. The predicted molar refractivity (Wildman–Crippen MR) is 126 cm³/mol. The lowest BCUT2D eigenvalue weighted by molar-refractivity contribution is 0.0598. The molecule has 0 spiro atoms. The standard InChI is InChI=1S/C26H28N4O2/c1-3-20-11-7-8-14-28(20)26(32)22-15-21-24(29(22)17-19-9-5-4-6-10-19)27-23-13-12-18(2)16-30(23)25(21)31/h4-6,9-10,12-13,15-16,20H,3,7-8,11,14,17H2,1-2H3/t20-/m0/s1. The number of carbonyl (C=O) groups is 1. The van der Waals surface area contributed by atoms with E-state index in [9.17, 15) is 9.59 Å². The summed E-state index contributed by atoms with van der Waals surface area (Å²) in [6.07, 6.45) is 5.95. The van der Waals surface area contributed by atoms with Crippen molar-refractivity contribution in [2.24, 2.45) is 0 Å². The maximum Gasteiger partial charge on any atom is 0.270 e. The number of likely N-dealkylation sites (tertiary alicyclic amines) is 1. The lowest BCUT2D eigenvalue weighted by Gasteiger charge is -2.35. The molecule has 164 valence electrons. The third-order valence-electron chi connectivity index (χ3n) is 6.57. The lowest BCUT2D eigenvalue weighted by atomic mass is 9.99. The van der Waals surface area contributed by atoms with Crippen LogP contribution in [0.4, 0.5) is 0 Å². The number of aryl methyl sites for hydroxylation is 1. The molecular weight excluding hydrogens is 400 g/mol. The van der Waals surface area contributed by atoms with Gasteiger partial charge >= 0.3 is 0 Å². The van der Waals surface area contributed by atoms with Gasteiger partial charge in [-0.05, 0) is 55.9 Å². The lowest BCUT2D eigenvalue weighted by Crippen LogP contribution is -2.44. The zero-order valence-corrected chi connectivity index (χ0v) is 18.6. The van der Waals surface area contributed by atoms with E-state index in [2.05, 4.69) is 6.92 Å². The Morgan fingerprint density at radius 1 is 1.12 bits per heavy atom. The maximum atomic E-state index is 13.8. The van der Waals surface area contributed by atoms with E-state index < -0.39 is 0 Å². The molecule has 32 heavy (non-hydrogen) atoms. The Morgan fingerprint density at radius 3 is 2.72 bits per heavy atom.